The van der Waals surface area contributed by atoms with Crippen molar-refractivity contribution in [3.8, 4) is 0 Å². The fourth-order valence-corrected chi connectivity index (χ4v) is 6.45. The minimum atomic E-state index is -2.42. The summed E-state index contributed by atoms with van der Waals surface area (Å²) >= 11 is 0. The van der Waals surface area contributed by atoms with Crippen LogP contribution in [0.4, 0.5) is 0 Å². The highest BCUT2D eigenvalue weighted by atomic mass is 31.2. The lowest BCUT2D eigenvalue weighted by atomic mass is 9.81. The second-order valence-corrected chi connectivity index (χ2v) is 13.1. The predicted octanol–water partition coefficient (Wildman–Crippen LogP) is 6.09. The minimum Gasteiger partial charge on any atom is -0.318 e. The molecule has 1 nitrogen and oxygen atoms in total. The van der Waals surface area contributed by atoms with Crippen molar-refractivity contribution in [2.45, 2.75) is 91.4 Å². The Morgan fingerprint density at radius 1 is 0.818 bits per heavy atom. The van der Waals surface area contributed by atoms with E-state index in [1.54, 1.807) is 0 Å². The van der Waals surface area contributed by atoms with Gasteiger partial charge >= 0.3 is 0 Å². The average Bonchev–Trinajstić information content (AvgIpc) is 2.34. The summed E-state index contributed by atoms with van der Waals surface area (Å²) in [5, 5.41) is 1.10. The molecular weight excluding hydrogens is 287 g/mol. The van der Waals surface area contributed by atoms with Gasteiger partial charge in [0.2, 0.25) is 0 Å². The van der Waals surface area contributed by atoms with Gasteiger partial charge in [0.1, 0.15) is 7.14 Å². The molecular formula is C20H35OP. The maximum Gasteiger partial charge on any atom is 0.120 e. The van der Waals surface area contributed by atoms with Gasteiger partial charge < -0.3 is 4.57 Å². The van der Waals surface area contributed by atoms with E-state index in [4.69, 9.17) is 0 Å². The Bertz CT molecular complexity index is 556. The zero-order chi connectivity index (χ0) is 17.5. The van der Waals surface area contributed by atoms with Gasteiger partial charge in [0.15, 0.2) is 0 Å². The first-order valence-corrected chi connectivity index (χ1v) is 10.3. The van der Waals surface area contributed by atoms with Crippen molar-refractivity contribution in [2.75, 3.05) is 0 Å². The van der Waals surface area contributed by atoms with Crippen molar-refractivity contribution in [1.82, 2.24) is 0 Å². The minimum absolute atomic E-state index is 0.00394. The largest absolute Gasteiger partial charge is 0.318 e. The van der Waals surface area contributed by atoms with E-state index in [0.717, 1.165) is 5.30 Å². The first-order chi connectivity index (χ1) is 9.72. The molecule has 0 radical (unpaired) electrons. The summed E-state index contributed by atoms with van der Waals surface area (Å²) in [5.74, 6) is 0. The highest BCUT2D eigenvalue weighted by molar-refractivity contribution is 7.72. The molecule has 0 aliphatic heterocycles. The van der Waals surface area contributed by atoms with Crippen LogP contribution >= 0.6 is 7.14 Å². The molecule has 22 heavy (non-hydrogen) atoms. The van der Waals surface area contributed by atoms with Crippen LogP contribution in [0.2, 0.25) is 0 Å². The molecule has 0 aromatic heterocycles. The molecule has 0 heterocycles. The van der Waals surface area contributed by atoms with Gasteiger partial charge in [-0.05, 0) is 22.0 Å². The topological polar surface area (TPSA) is 17.1 Å². The number of benzene rings is 1. The molecule has 0 saturated heterocycles. The molecule has 2 heteroatoms. The fraction of sp³-hybridized carbons (Fsp3) is 0.700. The smallest absolute Gasteiger partial charge is 0.120 e. The van der Waals surface area contributed by atoms with Gasteiger partial charge in [0.05, 0.1) is 0 Å². The Balaban J connectivity index is 3.72. The first-order valence-electron chi connectivity index (χ1n) is 8.47. The molecule has 126 valence electrons. The van der Waals surface area contributed by atoms with E-state index in [9.17, 15) is 4.57 Å². The number of rotatable bonds is 3. The van der Waals surface area contributed by atoms with E-state index in [1.165, 1.54) is 11.1 Å². The molecule has 0 amide bonds. The molecule has 0 saturated carbocycles. The van der Waals surface area contributed by atoms with Crippen LogP contribution in [0.25, 0.3) is 0 Å². The molecule has 1 aromatic carbocycles. The standard InChI is InChI=1S/C20H35OP/c1-14(2)22(21,15(3)4)18-12-11-16(19(5,6)7)13-17(18)20(8,9)10/h11-15H,1-10H3. The van der Waals surface area contributed by atoms with Crippen LogP contribution in [-0.2, 0) is 15.4 Å². The lowest BCUT2D eigenvalue weighted by molar-refractivity contribution is 0.559. The normalized spacial score (nSPS) is 14.0. The summed E-state index contributed by atoms with van der Waals surface area (Å²) in [7, 11) is -2.42. The van der Waals surface area contributed by atoms with E-state index < -0.39 is 7.14 Å². The first kappa shape index (κ1) is 19.5. The van der Waals surface area contributed by atoms with Gasteiger partial charge in [0.25, 0.3) is 0 Å². The summed E-state index contributed by atoms with van der Waals surface area (Å²) in [5.41, 5.74) is 3.03. The predicted molar refractivity (Wildman–Crippen MR) is 101 cm³/mol. The van der Waals surface area contributed by atoms with Crippen molar-refractivity contribution in [3.05, 3.63) is 29.3 Å². The van der Waals surface area contributed by atoms with Crippen LogP contribution in [0.15, 0.2) is 18.2 Å². The zero-order valence-corrected chi connectivity index (χ0v) is 17.1. The van der Waals surface area contributed by atoms with Crippen LogP contribution in [0.3, 0.4) is 0 Å². The van der Waals surface area contributed by atoms with Gasteiger partial charge in [0, 0.05) is 16.6 Å². The third-order valence-electron chi connectivity index (χ3n) is 4.58. The molecule has 0 N–H and O–H groups in total. The van der Waals surface area contributed by atoms with Gasteiger partial charge in [-0.2, -0.15) is 0 Å². The van der Waals surface area contributed by atoms with E-state index >= 15 is 0 Å². The SMILES string of the molecule is CC(C)P(=O)(c1ccc(C(C)(C)C)cc1C(C)(C)C)C(C)C. The van der Waals surface area contributed by atoms with Crippen LogP contribution in [0, 0.1) is 0 Å². The summed E-state index contributed by atoms with van der Waals surface area (Å²) in [6, 6.07) is 6.64. The zero-order valence-electron chi connectivity index (χ0n) is 16.2. The quantitative estimate of drug-likeness (QED) is 0.616. The van der Waals surface area contributed by atoms with Crippen LogP contribution in [0.5, 0.6) is 0 Å². The lowest BCUT2D eigenvalue weighted by Gasteiger charge is -2.34. The summed E-state index contributed by atoms with van der Waals surface area (Å²) in [6.45, 7) is 21.8. The average molecular weight is 322 g/mol. The van der Waals surface area contributed by atoms with Gasteiger partial charge in [-0.25, -0.2) is 0 Å². The Morgan fingerprint density at radius 2 is 1.27 bits per heavy atom. The van der Waals surface area contributed by atoms with Crippen LogP contribution < -0.4 is 5.30 Å². The number of hydrogen-bond acceptors (Lipinski definition) is 1. The highest BCUT2D eigenvalue weighted by Crippen LogP contribution is 2.55. The molecule has 0 spiro atoms. The number of hydrogen-bond donors (Lipinski definition) is 0. The summed E-state index contributed by atoms with van der Waals surface area (Å²) in [4.78, 5) is 0. The van der Waals surface area contributed by atoms with E-state index in [1.807, 2.05) is 0 Å². The Hall–Kier alpha value is -0.550. The maximum absolute atomic E-state index is 13.8. The molecule has 0 unspecified atom stereocenters. The molecule has 0 aliphatic rings. The second kappa shape index (κ2) is 6.16. The second-order valence-electron chi connectivity index (χ2n) is 9.13. The van der Waals surface area contributed by atoms with Crippen LogP contribution in [-0.4, -0.2) is 11.3 Å². The molecule has 0 aliphatic carbocycles. The highest BCUT2D eigenvalue weighted by Gasteiger charge is 2.37. The Labute approximate surface area is 138 Å². The third kappa shape index (κ3) is 3.67. The third-order valence-corrected chi connectivity index (χ3v) is 8.79. The molecule has 0 fully saturated rings. The van der Waals surface area contributed by atoms with Crippen molar-refractivity contribution >= 4 is 12.4 Å². The van der Waals surface area contributed by atoms with Gasteiger partial charge in [-0.1, -0.05) is 87.4 Å². The lowest BCUT2D eigenvalue weighted by Crippen LogP contribution is -2.29. The van der Waals surface area contributed by atoms with Gasteiger partial charge in [-0.3, -0.25) is 0 Å². The van der Waals surface area contributed by atoms with Crippen molar-refractivity contribution in [2.24, 2.45) is 0 Å². The fourth-order valence-electron chi connectivity index (χ4n) is 3.06. The molecule has 0 bridgehead atoms. The van der Waals surface area contributed by atoms with Crippen molar-refractivity contribution in [1.29, 1.82) is 0 Å². The van der Waals surface area contributed by atoms with E-state index in [2.05, 4.69) is 87.4 Å². The summed E-state index contributed by atoms with van der Waals surface area (Å²) in [6.07, 6.45) is 0. The Kier molecular flexibility index (Phi) is 5.46. The Morgan fingerprint density at radius 3 is 1.59 bits per heavy atom. The molecule has 1 rings (SSSR count). The maximum atomic E-state index is 13.8. The molecule has 0 atom stereocenters. The molecule has 1 aromatic rings. The van der Waals surface area contributed by atoms with Gasteiger partial charge in [-0.15, -0.1) is 0 Å². The summed E-state index contributed by atoms with van der Waals surface area (Å²) < 4.78 is 13.8. The van der Waals surface area contributed by atoms with E-state index in [-0.39, 0.29) is 22.1 Å². The van der Waals surface area contributed by atoms with Crippen molar-refractivity contribution < 1.29 is 4.57 Å². The van der Waals surface area contributed by atoms with Crippen molar-refractivity contribution in [3.63, 3.8) is 0 Å². The van der Waals surface area contributed by atoms with E-state index in [0.29, 0.717) is 0 Å². The van der Waals surface area contributed by atoms with Crippen LogP contribution in [0.1, 0.15) is 80.4 Å². The monoisotopic (exact) mass is 322 g/mol.